The molecule has 0 aliphatic carbocycles. The van der Waals surface area contributed by atoms with Gasteiger partial charge >= 0.3 is 6.09 Å². The van der Waals surface area contributed by atoms with Crippen LogP contribution in [0.1, 0.15) is 11.1 Å². The van der Waals surface area contributed by atoms with Crippen LogP contribution in [0.4, 0.5) is 16.2 Å². The van der Waals surface area contributed by atoms with Gasteiger partial charge in [0.05, 0.1) is 17.6 Å². The Bertz CT molecular complexity index is 812. The molecule has 1 aromatic heterocycles. The number of carbonyl (C=O) groups is 1. The highest BCUT2D eigenvalue weighted by Gasteiger charge is 2.20. The van der Waals surface area contributed by atoms with Crippen molar-refractivity contribution in [2.45, 2.75) is 13.5 Å². The number of rotatable bonds is 4. The molecule has 1 amide bonds. The van der Waals surface area contributed by atoms with Gasteiger partial charge in [-0.2, -0.15) is 0 Å². The zero-order valence-corrected chi connectivity index (χ0v) is 13.8. The van der Waals surface area contributed by atoms with E-state index in [-0.39, 0.29) is 12.4 Å². The largest absolute Gasteiger partial charge is 0.444 e. The van der Waals surface area contributed by atoms with E-state index in [2.05, 4.69) is 4.98 Å². The lowest BCUT2D eigenvalue weighted by atomic mass is 10.1. The third-order valence-electron chi connectivity index (χ3n) is 3.85. The Morgan fingerprint density at radius 2 is 1.76 bits per heavy atom. The van der Waals surface area contributed by atoms with Crippen molar-refractivity contribution in [3.05, 3.63) is 84.2 Å². The Labute approximate surface area is 146 Å². The van der Waals surface area contributed by atoms with Gasteiger partial charge in [0.1, 0.15) is 6.61 Å². The van der Waals surface area contributed by atoms with Gasteiger partial charge in [-0.05, 0) is 42.8 Å². The molecule has 0 unspecified atom stereocenters. The van der Waals surface area contributed by atoms with Crippen LogP contribution in [0.15, 0.2) is 73.1 Å². The second-order valence-electron chi connectivity index (χ2n) is 5.48. The fraction of sp³-hybridized carbons (Fsp3) is 0.100. The third-order valence-corrected chi connectivity index (χ3v) is 3.85. The minimum absolute atomic E-state index is 0.0321. The van der Waals surface area contributed by atoms with Crippen LogP contribution in [0, 0.1) is 6.92 Å². The van der Waals surface area contributed by atoms with Crippen molar-refractivity contribution in [2.75, 3.05) is 4.90 Å². The first kappa shape index (κ1) is 16.5. The molecule has 0 N–H and O–H groups in total. The average Bonchev–Trinajstić information content (AvgIpc) is 2.65. The van der Waals surface area contributed by atoms with Gasteiger partial charge in [-0.25, -0.2) is 9.69 Å². The summed E-state index contributed by atoms with van der Waals surface area (Å²) in [5.41, 5.74) is 2.56. The van der Waals surface area contributed by atoms with Crippen LogP contribution in [0.25, 0.3) is 0 Å². The normalized spacial score (nSPS) is 10.3. The van der Waals surface area contributed by atoms with Crippen molar-refractivity contribution in [2.24, 2.45) is 0 Å². The summed E-state index contributed by atoms with van der Waals surface area (Å²) in [6.45, 7) is 1.76. The number of anilines is 2. The SMILES string of the molecule is Cc1c([O])cccc1COC(=O)N(c1ccccc1)c1cccnc1. The zero-order chi connectivity index (χ0) is 17.6. The van der Waals surface area contributed by atoms with Crippen LogP contribution in [-0.2, 0) is 16.5 Å². The zero-order valence-electron chi connectivity index (χ0n) is 13.8. The molecule has 5 heteroatoms. The van der Waals surface area contributed by atoms with Crippen molar-refractivity contribution in [1.82, 2.24) is 4.98 Å². The first-order valence-corrected chi connectivity index (χ1v) is 7.84. The predicted molar refractivity (Wildman–Crippen MR) is 94.3 cm³/mol. The fourth-order valence-corrected chi connectivity index (χ4v) is 2.44. The molecule has 3 rings (SSSR count). The van der Waals surface area contributed by atoms with Gasteiger partial charge < -0.3 is 4.74 Å². The number of pyridine rings is 1. The highest BCUT2D eigenvalue weighted by atomic mass is 16.6. The van der Waals surface area contributed by atoms with E-state index in [1.165, 1.54) is 11.0 Å². The topological polar surface area (TPSA) is 62.3 Å². The standard InChI is InChI=1S/C20H17N2O3/c1-15-16(7-5-11-19(15)23)14-25-20(24)22(17-8-3-2-4-9-17)18-10-6-12-21-13-18/h2-13H,14H2,1H3. The summed E-state index contributed by atoms with van der Waals surface area (Å²) in [4.78, 5) is 18.2. The molecule has 0 aliphatic rings. The van der Waals surface area contributed by atoms with Gasteiger partial charge in [-0.3, -0.25) is 10.1 Å². The maximum absolute atomic E-state index is 12.7. The molecule has 0 saturated heterocycles. The lowest BCUT2D eigenvalue weighted by Gasteiger charge is -2.22. The second kappa shape index (κ2) is 7.49. The monoisotopic (exact) mass is 333 g/mol. The molecule has 0 saturated carbocycles. The van der Waals surface area contributed by atoms with Crippen LogP contribution in [0.5, 0.6) is 5.75 Å². The van der Waals surface area contributed by atoms with E-state index in [1.807, 2.05) is 30.3 Å². The van der Waals surface area contributed by atoms with E-state index < -0.39 is 6.09 Å². The third kappa shape index (κ3) is 3.77. The van der Waals surface area contributed by atoms with E-state index in [4.69, 9.17) is 4.74 Å². The van der Waals surface area contributed by atoms with Gasteiger partial charge in [-0.15, -0.1) is 0 Å². The number of hydrogen-bond acceptors (Lipinski definition) is 3. The number of nitrogens with zero attached hydrogens (tertiary/aromatic N) is 2. The Hall–Kier alpha value is -3.34. The van der Waals surface area contributed by atoms with E-state index in [9.17, 15) is 9.90 Å². The van der Waals surface area contributed by atoms with Crippen molar-refractivity contribution in [3.63, 3.8) is 0 Å². The van der Waals surface area contributed by atoms with Gasteiger partial charge in [0.15, 0.2) is 5.75 Å². The smallest absolute Gasteiger partial charge is 0.419 e. The van der Waals surface area contributed by atoms with Crippen LogP contribution < -0.4 is 4.90 Å². The van der Waals surface area contributed by atoms with Gasteiger partial charge in [-0.1, -0.05) is 30.3 Å². The van der Waals surface area contributed by atoms with E-state index in [0.29, 0.717) is 22.5 Å². The highest BCUT2D eigenvalue weighted by molar-refractivity contribution is 5.95. The number of benzene rings is 2. The van der Waals surface area contributed by atoms with E-state index >= 15 is 0 Å². The van der Waals surface area contributed by atoms with Crippen LogP contribution >= 0.6 is 0 Å². The summed E-state index contributed by atoms with van der Waals surface area (Å²) >= 11 is 0. The summed E-state index contributed by atoms with van der Waals surface area (Å²) in [6.07, 6.45) is 2.70. The Morgan fingerprint density at radius 1 is 1.00 bits per heavy atom. The molecule has 0 fully saturated rings. The number of ether oxygens (including phenoxy) is 1. The van der Waals surface area contributed by atoms with E-state index in [0.717, 1.165) is 0 Å². The van der Waals surface area contributed by atoms with Crippen LogP contribution in [0.2, 0.25) is 0 Å². The van der Waals surface area contributed by atoms with Crippen molar-refractivity contribution in [1.29, 1.82) is 0 Å². The summed E-state index contributed by atoms with van der Waals surface area (Å²) in [5.74, 6) is -0.0688. The second-order valence-corrected chi connectivity index (χ2v) is 5.48. The molecule has 0 atom stereocenters. The molecule has 0 aliphatic heterocycles. The van der Waals surface area contributed by atoms with Crippen LogP contribution in [0.3, 0.4) is 0 Å². The summed E-state index contributed by atoms with van der Waals surface area (Å²) in [6, 6.07) is 17.7. The highest BCUT2D eigenvalue weighted by Crippen LogP contribution is 2.26. The first-order valence-electron chi connectivity index (χ1n) is 7.84. The fourth-order valence-electron chi connectivity index (χ4n) is 2.44. The molecule has 125 valence electrons. The lowest BCUT2D eigenvalue weighted by Crippen LogP contribution is -2.26. The molecule has 3 aromatic rings. The number of amides is 1. The Kier molecular flexibility index (Phi) is 4.95. The minimum Gasteiger partial charge on any atom is -0.444 e. The number of aromatic nitrogens is 1. The first-order chi connectivity index (χ1) is 12.2. The maximum Gasteiger partial charge on any atom is 0.419 e. The lowest BCUT2D eigenvalue weighted by molar-refractivity contribution is 0.149. The van der Waals surface area contributed by atoms with Gasteiger partial charge in [0.2, 0.25) is 0 Å². The number of hydrogen-bond donors (Lipinski definition) is 0. The van der Waals surface area contributed by atoms with Gasteiger partial charge in [0, 0.05) is 11.8 Å². The Morgan fingerprint density at radius 3 is 2.48 bits per heavy atom. The number of para-hydroxylation sites is 1. The number of carbonyl (C=O) groups excluding carboxylic acids is 1. The Balaban J connectivity index is 1.84. The molecule has 1 heterocycles. The molecule has 0 bridgehead atoms. The molecule has 25 heavy (non-hydrogen) atoms. The minimum atomic E-state index is -0.532. The van der Waals surface area contributed by atoms with Crippen molar-refractivity contribution < 1.29 is 14.6 Å². The summed E-state index contributed by atoms with van der Waals surface area (Å²) in [7, 11) is 0. The quantitative estimate of drug-likeness (QED) is 0.674. The molecule has 1 radical (unpaired) electrons. The molecule has 5 nitrogen and oxygen atoms in total. The summed E-state index contributed by atoms with van der Waals surface area (Å²) in [5, 5.41) is 11.7. The molecule has 2 aromatic carbocycles. The summed E-state index contributed by atoms with van der Waals surface area (Å²) < 4.78 is 5.46. The van der Waals surface area contributed by atoms with Crippen LogP contribution in [-0.4, -0.2) is 11.1 Å². The molecule has 0 spiro atoms. The van der Waals surface area contributed by atoms with Gasteiger partial charge in [0.25, 0.3) is 0 Å². The predicted octanol–water partition coefficient (Wildman–Crippen LogP) is 5.01. The average molecular weight is 333 g/mol. The van der Waals surface area contributed by atoms with E-state index in [1.54, 1.807) is 43.6 Å². The van der Waals surface area contributed by atoms with Crippen molar-refractivity contribution >= 4 is 17.5 Å². The maximum atomic E-state index is 12.7. The molecular formula is C20H17N2O3. The molecular weight excluding hydrogens is 316 g/mol. The van der Waals surface area contributed by atoms with Crippen molar-refractivity contribution in [3.8, 4) is 5.75 Å².